The minimum absolute atomic E-state index is 0.791. The second-order valence-corrected chi connectivity index (χ2v) is 4.99. The molecule has 1 atom stereocenters. The minimum Gasteiger partial charge on any atom is -0.387 e. The van der Waals surface area contributed by atoms with Gasteiger partial charge in [-0.2, -0.15) is 0 Å². The lowest BCUT2D eigenvalue weighted by atomic mass is 9.93. The third kappa shape index (κ3) is 0.624. The smallest absolute Gasteiger partial charge is 0.387 e. The molecule has 0 aliphatic carbocycles. The van der Waals surface area contributed by atoms with Crippen molar-refractivity contribution < 1.29 is 12.6 Å². The van der Waals surface area contributed by atoms with Gasteiger partial charge in [0, 0.05) is 5.39 Å². The van der Waals surface area contributed by atoms with E-state index in [0.717, 1.165) is 16.7 Å². The number of benzene rings is 2. The van der Waals surface area contributed by atoms with Gasteiger partial charge in [0.1, 0.15) is 0 Å². The summed E-state index contributed by atoms with van der Waals surface area (Å²) in [4.78, 5) is 0. The molecule has 2 bridgehead atoms. The third-order valence-corrected chi connectivity index (χ3v) is 4.20. The van der Waals surface area contributed by atoms with Crippen LogP contribution < -0.4 is 0 Å². The van der Waals surface area contributed by atoms with Gasteiger partial charge in [0.15, 0.2) is 11.2 Å². The Morgan fingerprint density at radius 3 is 2.50 bits per heavy atom. The summed E-state index contributed by atoms with van der Waals surface area (Å²) in [6.07, 6.45) is 0. The molecule has 1 unspecified atom stereocenters. The van der Waals surface area contributed by atoms with E-state index in [2.05, 4.69) is 18.2 Å². The molecule has 0 saturated carbocycles. The molecule has 16 heavy (non-hydrogen) atoms. The molecule has 0 aliphatic rings. The van der Waals surface area contributed by atoms with Gasteiger partial charge in [0.05, 0.1) is 0 Å². The van der Waals surface area contributed by atoms with Crippen LogP contribution in [0, 0.1) is 0 Å². The standard InChI is InChI=1S/C12H5O3P/c1-2-4-7-6(3-1)8-5-9-11-12(10(7)8)15-16(13-9)14-11/h1-5H. The van der Waals surface area contributed by atoms with Crippen molar-refractivity contribution in [1.29, 1.82) is 0 Å². The highest BCUT2D eigenvalue weighted by atomic mass is 31.1. The van der Waals surface area contributed by atoms with E-state index >= 15 is 0 Å². The van der Waals surface area contributed by atoms with Crippen molar-refractivity contribution in [2.45, 2.75) is 0 Å². The Morgan fingerprint density at radius 2 is 1.62 bits per heavy atom. The lowest BCUT2D eigenvalue weighted by Crippen LogP contribution is -1.85. The molecule has 4 heteroatoms. The Labute approximate surface area is 89.8 Å². The maximum Gasteiger partial charge on any atom is 0.453 e. The zero-order valence-corrected chi connectivity index (χ0v) is 8.95. The van der Waals surface area contributed by atoms with Crippen LogP contribution in [0.5, 0.6) is 0 Å². The first kappa shape index (κ1) is 7.42. The van der Waals surface area contributed by atoms with Crippen molar-refractivity contribution in [3.8, 4) is 0 Å². The van der Waals surface area contributed by atoms with Crippen LogP contribution in [0.25, 0.3) is 38.3 Å². The van der Waals surface area contributed by atoms with Crippen LogP contribution in [0.3, 0.4) is 0 Å². The summed E-state index contributed by atoms with van der Waals surface area (Å²) >= 11 is 0. The maximum absolute atomic E-state index is 5.62. The normalized spacial score (nSPS) is 14.1. The minimum atomic E-state index is -1.18. The number of hydrogen-bond donors (Lipinski definition) is 0. The van der Waals surface area contributed by atoms with Crippen LogP contribution in [0.1, 0.15) is 0 Å². The quantitative estimate of drug-likeness (QED) is 0.382. The van der Waals surface area contributed by atoms with Crippen molar-refractivity contribution in [2.24, 2.45) is 0 Å². The lowest BCUT2D eigenvalue weighted by molar-refractivity contribution is 0.614. The molecule has 0 spiro atoms. The van der Waals surface area contributed by atoms with Crippen molar-refractivity contribution >= 4 is 46.4 Å². The van der Waals surface area contributed by atoms with Crippen LogP contribution in [-0.4, -0.2) is 0 Å². The largest absolute Gasteiger partial charge is 0.453 e. The molecule has 76 valence electrons. The Morgan fingerprint density at radius 1 is 0.812 bits per heavy atom. The highest BCUT2D eigenvalue weighted by Gasteiger charge is 2.22. The zero-order chi connectivity index (χ0) is 10.3. The molecule has 0 N–H and O–H groups in total. The molecule has 0 saturated heterocycles. The predicted octanol–water partition coefficient (Wildman–Crippen LogP) is 4.80. The van der Waals surface area contributed by atoms with Gasteiger partial charge in [0.25, 0.3) is 0 Å². The SMILES string of the molecule is c1ccc2c(c1)c1cc3op4oc3c(o4)c21. The summed E-state index contributed by atoms with van der Waals surface area (Å²) < 4.78 is 16.6. The van der Waals surface area contributed by atoms with E-state index < -0.39 is 8.06 Å². The van der Waals surface area contributed by atoms with E-state index in [1.165, 1.54) is 21.5 Å². The van der Waals surface area contributed by atoms with E-state index in [1.807, 2.05) is 12.1 Å². The Hall–Kier alpha value is -1.86. The highest BCUT2D eigenvalue weighted by Crippen LogP contribution is 2.49. The van der Waals surface area contributed by atoms with Gasteiger partial charge in [-0.05, 0) is 22.2 Å². The second kappa shape index (κ2) is 2.13. The summed E-state index contributed by atoms with van der Waals surface area (Å²) in [7, 11) is -1.18. The van der Waals surface area contributed by atoms with Crippen LogP contribution in [0.2, 0.25) is 0 Å². The maximum atomic E-state index is 5.62. The van der Waals surface area contributed by atoms with Gasteiger partial charge in [0.2, 0.25) is 5.58 Å². The fourth-order valence-corrected chi connectivity index (χ4v) is 3.55. The average Bonchev–Trinajstić information content (AvgIpc) is 2.85. The first-order chi connectivity index (χ1) is 7.92. The Bertz CT molecular complexity index is 941. The molecule has 5 rings (SSSR count). The topological polar surface area (TPSA) is 39.4 Å². The van der Waals surface area contributed by atoms with Crippen LogP contribution in [-0.2, 0) is 0 Å². The predicted molar refractivity (Wildman–Crippen MR) is 62.6 cm³/mol. The summed E-state index contributed by atoms with van der Waals surface area (Å²) in [5.41, 5.74) is 2.50. The van der Waals surface area contributed by atoms with Crippen LogP contribution in [0.15, 0.2) is 42.9 Å². The van der Waals surface area contributed by atoms with Gasteiger partial charge in [-0.25, -0.2) is 0 Å². The highest BCUT2D eigenvalue weighted by molar-refractivity contribution is 7.27. The summed E-state index contributed by atoms with van der Waals surface area (Å²) in [5, 5.41) is 4.92. The van der Waals surface area contributed by atoms with Gasteiger partial charge in [-0.1, -0.05) is 24.3 Å². The Balaban J connectivity index is 2.23. The number of hydrogen-bond acceptors (Lipinski definition) is 3. The van der Waals surface area contributed by atoms with Crippen LogP contribution in [0.4, 0.5) is 0 Å². The van der Waals surface area contributed by atoms with E-state index in [1.54, 1.807) is 0 Å². The van der Waals surface area contributed by atoms with Crippen molar-refractivity contribution in [2.75, 3.05) is 0 Å². The van der Waals surface area contributed by atoms with Gasteiger partial charge in [-0.15, -0.1) is 0 Å². The fraction of sp³-hybridized carbons (Fsp3) is 0. The van der Waals surface area contributed by atoms with Gasteiger partial charge in [-0.3, -0.25) is 0 Å². The number of rotatable bonds is 0. The Kier molecular flexibility index (Phi) is 0.989. The molecular weight excluding hydrogens is 223 g/mol. The molecule has 0 radical (unpaired) electrons. The number of fused-ring (bicyclic) bond motifs is 6. The van der Waals surface area contributed by atoms with E-state index in [-0.39, 0.29) is 0 Å². The fourth-order valence-electron chi connectivity index (χ4n) is 2.50. The van der Waals surface area contributed by atoms with E-state index in [0.29, 0.717) is 0 Å². The molecule has 2 aromatic heterocycles. The molecule has 5 aromatic rings. The van der Waals surface area contributed by atoms with E-state index in [4.69, 9.17) is 12.6 Å². The first-order valence-corrected chi connectivity index (χ1v) is 6.16. The average molecular weight is 228 g/mol. The molecular formula is C12H5O3P. The zero-order valence-electron chi connectivity index (χ0n) is 8.06. The van der Waals surface area contributed by atoms with Crippen molar-refractivity contribution in [1.82, 2.24) is 0 Å². The van der Waals surface area contributed by atoms with E-state index in [9.17, 15) is 0 Å². The lowest BCUT2D eigenvalue weighted by Gasteiger charge is -2.10. The van der Waals surface area contributed by atoms with Crippen molar-refractivity contribution in [3.63, 3.8) is 0 Å². The van der Waals surface area contributed by atoms with Crippen LogP contribution >= 0.6 is 8.06 Å². The summed E-state index contributed by atoms with van der Waals surface area (Å²) in [6, 6.07) is 10.4. The molecule has 0 aliphatic heterocycles. The first-order valence-electron chi connectivity index (χ1n) is 5.06. The van der Waals surface area contributed by atoms with Gasteiger partial charge < -0.3 is 12.6 Å². The molecule has 2 heterocycles. The molecule has 0 amide bonds. The molecule has 3 aromatic carbocycles. The second-order valence-electron chi connectivity index (χ2n) is 4.00. The third-order valence-electron chi connectivity index (χ3n) is 3.19. The van der Waals surface area contributed by atoms with Gasteiger partial charge >= 0.3 is 8.06 Å². The molecule has 3 nitrogen and oxygen atoms in total. The van der Waals surface area contributed by atoms with Crippen molar-refractivity contribution in [3.05, 3.63) is 30.3 Å². The monoisotopic (exact) mass is 228 g/mol. The summed E-state index contributed by atoms with van der Waals surface area (Å²) in [5.74, 6) is 0. The molecule has 0 fully saturated rings. The summed E-state index contributed by atoms with van der Waals surface area (Å²) in [6.45, 7) is 0.